The van der Waals surface area contributed by atoms with Crippen LogP contribution in [-0.2, 0) is 0 Å². The molecule has 1 heterocycles. The fourth-order valence-corrected chi connectivity index (χ4v) is 3.24. The zero-order valence-electron chi connectivity index (χ0n) is 12.3. The summed E-state index contributed by atoms with van der Waals surface area (Å²) in [6, 6.07) is 0.974. The summed E-state index contributed by atoms with van der Waals surface area (Å²) in [5.41, 5.74) is 2.26. The molecule has 0 amide bonds. The quantitative estimate of drug-likeness (QED) is 0.887. The number of aromatic nitrogens is 1. The van der Waals surface area contributed by atoms with E-state index in [9.17, 15) is 0 Å². The van der Waals surface area contributed by atoms with Crippen molar-refractivity contribution in [2.45, 2.75) is 66.0 Å². The number of aryl methyl sites for hydroxylation is 2. The lowest BCUT2D eigenvalue weighted by atomic mass is 9.79. The zero-order chi connectivity index (χ0) is 13.3. The minimum atomic E-state index is 0.335. The molecule has 3 heteroatoms. The van der Waals surface area contributed by atoms with Crippen LogP contribution in [0.4, 0.5) is 0 Å². The normalized spacial score (nSPS) is 30.4. The maximum Gasteiger partial charge on any atom is 0.138 e. The Labute approximate surface area is 110 Å². The molecule has 0 spiro atoms. The Bertz CT molecular complexity index is 380. The summed E-state index contributed by atoms with van der Waals surface area (Å²) in [6.45, 7) is 11.0. The van der Waals surface area contributed by atoms with Gasteiger partial charge in [0.25, 0.3) is 0 Å². The van der Waals surface area contributed by atoms with Crippen LogP contribution in [0.15, 0.2) is 4.52 Å². The van der Waals surface area contributed by atoms with Gasteiger partial charge in [0.2, 0.25) is 0 Å². The van der Waals surface area contributed by atoms with Crippen molar-refractivity contribution in [2.24, 2.45) is 11.8 Å². The molecule has 4 atom stereocenters. The van der Waals surface area contributed by atoms with Gasteiger partial charge in [0, 0.05) is 17.6 Å². The lowest BCUT2D eigenvalue weighted by Gasteiger charge is -2.34. The lowest BCUT2D eigenvalue weighted by Crippen LogP contribution is -2.37. The summed E-state index contributed by atoms with van der Waals surface area (Å²) >= 11 is 0. The highest BCUT2D eigenvalue weighted by molar-refractivity contribution is 5.24. The van der Waals surface area contributed by atoms with Crippen LogP contribution >= 0.6 is 0 Å². The van der Waals surface area contributed by atoms with Gasteiger partial charge >= 0.3 is 0 Å². The first kappa shape index (κ1) is 13.6. The maximum absolute atomic E-state index is 5.25. The molecule has 18 heavy (non-hydrogen) atoms. The van der Waals surface area contributed by atoms with E-state index in [0.29, 0.717) is 12.1 Å². The molecule has 1 fully saturated rings. The molecule has 4 unspecified atom stereocenters. The number of nitrogens with zero attached hydrogens (tertiary/aromatic N) is 1. The Kier molecular flexibility index (Phi) is 4.10. The second kappa shape index (κ2) is 5.43. The number of hydrogen-bond acceptors (Lipinski definition) is 3. The molecule has 0 radical (unpaired) electrons. The first-order valence-corrected chi connectivity index (χ1v) is 7.17. The van der Waals surface area contributed by atoms with Crippen molar-refractivity contribution < 1.29 is 4.52 Å². The van der Waals surface area contributed by atoms with E-state index in [1.807, 2.05) is 13.8 Å². The Morgan fingerprint density at radius 1 is 1.22 bits per heavy atom. The van der Waals surface area contributed by atoms with E-state index in [4.69, 9.17) is 4.52 Å². The van der Waals surface area contributed by atoms with Crippen LogP contribution in [0.1, 0.15) is 63.1 Å². The summed E-state index contributed by atoms with van der Waals surface area (Å²) in [7, 11) is 0. The number of hydrogen-bond donors (Lipinski definition) is 1. The molecule has 0 aromatic carbocycles. The molecule has 0 bridgehead atoms. The third-order valence-corrected chi connectivity index (χ3v) is 4.61. The second-order valence-electron chi connectivity index (χ2n) is 6.09. The lowest BCUT2D eigenvalue weighted by molar-refractivity contribution is 0.217. The second-order valence-corrected chi connectivity index (χ2v) is 6.09. The van der Waals surface area contributed by atoms with E-state index in [2.05, 4.69) is 31.2 Å². The molecular weight excluding hydrogens is 224 g/mol. The molecule has 1 aromatic heterocycles. The van der Waals surface area contributed by atoms with Crippen LogP contribution in [0, 0.1) is 25.7 Å². The molecule has 1 aromatic rings. The van der Waals surface area contributed by atoms with E-state index in [1.54, 1.807) is 0 Å². The number of rotatable bonds is 3. The van der Waals surface area contributed by atoms with Crippen molar-refractivity contribution >= 4 is 0 Å². The zero-order valence-corrected chi connectivity index (χ0v) is 12.3. The predicted molar refractivity (Wildman–Crippen MR) is 73.5 cm³/mol. The van der Waals surface area contributed by atoms with Crippen molar-refractivity contribution in [3.8, 4) is 0 Å². The van der Waals surface area contributed by atoms with Crippen LogP contribution in [-0.4, -0.2) is 11.2 Å². The summed E-state index contributed by atoms with van der Waals surface area (Å²) in [4.78, 5) is 0. The van der Waals surface area contributed by atoms with Crippen molar-refractivity contribution in [2.75, 3.05) is 0 Å². The van der Waals surface area contributed by atoms with Crippen molar-refractivity contribution in [3.63, 3.8) is 0 Å². The van der Waals surface area contributed by atoms with E-state index < -0.39 is 0 Å². The molecule has 2 rings (SSSR count). The van der Waals surface area contributed by atoms with Crippen LogP contribution in [0.3, 0.4) is 0 Å². The van der Waals surface area contributed by atoms with Gasteiger partial charge in [-0.3, -0.25) is 0 Å². The van der Waals surface area contributed by atoms with E-state index >= 15 is 0 Å². The molecule has 1 aliphatic carbocycles. The highest BCUT2D eigenvalue weighted by atomic mass is 16.5. The van der Waals surface area contributed by atoms with Gasteiger partial charge in [0.1, 0.15) is 5.76 Å². The Hall–Kier alpha value is -0.830. The molecule has 0 aliphatic heterocycles. The third-order valence-electron chi connectivity index (χ3n) is 4.61. The van der Waals surface area contributed by atoms with Gasteiger partial charge in [0.15, 0.2) is 0 Å². The standard InChI is InChI=1S/C15H26N2O/c1-9-6-7-14(8-10(9)2)16-11(3)15-12(4)17-18-13(15)5/h9-11,14,16H,6-8H2,1-5H3. The fraction of sp³-hybridized carbons (Fsp3) is 0.800. The average Bonchev–Trinajstić information content (AvgIpc) is 2.64. The predicted octanol–water partition coefficient (Wildman–Crippen LogP) is 3.77. The maximum atomic E-state index is 5.25. The van der Waals surface area contributed by atoms with Gasteiger partial charge in [-0.2, -0.15) is 0 Å². The summed E-state index contributed by atoms with van der Waals surface area (Å²) in [5.74, 6) is 2.65. The van der Waals surface area contributed by atoms with Crippen LogP contribution in [0.2, 0.25) is 0 Å². The van der Waals surface area contributed by atoms with Crippen molar-refractivity contribution in [1.29, 1.82) is 0 Å². The smallest absolute Gasteiger partial charge is 0.138 e. The third kappa shape index (κ3) is 2.77. The van der Waals surface area contributed by atoms with Gasteiger partial charge in [-0.1, -0.05) is 19.0 Å². The molecule has 1 N–H and O–H groups in total. The first-order valence-electron chi connectivity index (χ1n) is 7.17. The topological polar surface area (TPSA) is 38.1 Å². The molecule has 102 valence electrons. The highest BCUT2D eigenvalue weighted by Gasteiger charge is 2.26. The van der Waals surface area contributed by atoms with Crippen molar-refractivity contribution in [3.05, 3.63) is 17.0 Å². The van der Waals surface area contributed by atoms with Crippen LogP contribution in [0.5, 0.6) is 0 Å². The largest absolute Gasteiger partial charge is 0.361 e. The van der Waals surface area contributed by atoms with Gasteiger partial charge in [0.05, 0.1) is 5.69 Å². The van der Waals surface area contributed by atoms with Gasteiger partial charge in [-0.25, -0.2) is 0 Å². The average molecular weight is 250 g/mol. The van der Waals surface area contributed by atoms with E-state index in [-0.39, 0.29) is 0 Å². The van der Waals surface area contributed by atoms with E-state index in [0.717, 1.165) is 23.3 Å². The molecule has 0 saturated heterocycles. The SMILES string of the molecule is Cc1noc(C)c1C(C)NC1CCC(C)C(C)C1. The Balaban J connectivity index is 1.98. The van der Waals surface area contributed by atoms with Crippen LogP contribution < -0.4 is 5.32 Å². The minimum absolute atomic E-state index is 0.335. The Morgan fingerprint density at radius 3 is 2.50 bits per heavy atom. The van der Waals surface area contributed by atoms with E-state index in [1.165, 1.54) is 24.8 Å². The molecule has 3 nitrogen and oxygen atoms in total. The molecule has 1 aliphatic rings. The number of nitrogens with one attached hydrogen (secondary N) is 1. The van der Waals surface area contributed by atoms with Gasteiger partial charge < -0.3 is 9.84 Å². The van der Waals surface area contributed by atoms with Crippen LogP contribution in [0.25, 0.3) is 0 Å². The summed E-state index contributed by atoms with van der Waals surface area (Å²) in [6.07, 6.45) is 3.92. The van der Waals surface area contributed by atoms with Gasteiger partial charge in [-0.05, 0) is 51.9 Å². The Morgan fingerprint density at radius 2 is 1.94 bits per heavy atom. The minimum Gasteiger partial charge on any atom is -0.361 e. The summed E-state index contributed by atoms with van der Waals surface area (Å²) in [5, 5.41) is 7.80. The molecular formula is C15H26N2O. The fourth-order valence-electron chi connectivity index (χ4n) is 3.24. The van der Waals surface area contributed by atoms with Gasteiger partial charge in [-0.15, -0.1) is 0 Å². The highest BCUT2D eigenvalue weighted by Crippen LogP contribution is 2.31. The monoisotopic (exact) mass is 250 g/mol. The van der Waals surface area contributed by atoms with Crippen molar-refractivity contribution in [1.82, 2.24) is 10.5 Å². The molecule has 1 saturated carbocycles. The summed E-state index contributed by atoms with van der Waals surface area (Å²) < 4.78 is 5.25. The first-order chi connectivity index (χ1) is 8.49.